The van der Waals surface area contributed by atoms with Gasteiger partial charge in [-0.15, -0.1) is 11.6 Å². The van der Waals surface area contributed by atoms with Crippen molar-refractivity contribution in [3.05, 3.63) is 28.6 Å². The number of halogens is 3. The zero-order valence-corrected chi connectivity index (χ0v) is 8.20. The molecule has 72 valence electrons. The Balaban J connectivity index is 3.32. The summed E-state index contributed by atoms with van der Waals surface area (Å²) in [5, 5.41) is 0. The Morgan fingerprint density at radius 3 is 2.54 bits per heavy atom. The topological polar surface area (TPSA) is 12.9 Å². The van der Waals surface area contributed by atoms with Crippen LogP contribution in [0.2, 0.25) is 0 Å². The lowest BCUT2D eigenvalue weighted by atomic mass is 10.0. The average Bonchev–Trinajstić information content (AvgIpc) is 2.08. The number of aryl methyl sites for hydroxylation is 1. The second-order valence-corrected chi connectivity index (χ2v) is 3.11. The highest BCUT2D eigenvalue weighted by atomic mass is 35.5. The van der Waals surface area contributed by atoms with Gasteiger partial charge in [-0.3, -0.25) is 4.98 Å². The Morgan fingerprint density at radius 1 is 1.46 bits per heavy atom. The summed E-state index contributed by atoms with van der Waals surface area (Å²) in [6, 6.07) is 0. The van der Waals surface area contributed by atoms with Gasteiger partial charge in [0.2, 0.25) is 0 Å². The Labute approximate surface area is 80.7 Å². The van der Waals surface area contributed by atoms with E-state index in [9.17, 15) is 8.78 Å². The Morgan fingerprint density at radius 2 is 2.08 bits per heavy atom. The number of rotatable bonds is 2. The minimum atomic E-state index is -2.48. The van der Waals surface area contributed by atoms with Crippen LogP contribution in [0.1, 0.15) is 28.8 Å². The van der Waals surface area contributed by atoms with Gasteiger partial charge in [-0.25, -0.2) is 8.78 Å². The molecule has 1 heterocycles. The van der Waals surface area contributed by atoms with E-state index in [4.69, 9.17) is 11.6 Å². The SMILES string of the molecule is Cc1ncc(CCl)c(C(F)F)c1C. The molecule has 0 aliphatic rings. The number of alkyl halides is 3. The van der Waals surface area contributed by atoms with E-state index >= 15 is 0 Å². The molecular formula is C9H10ClF2N. The fourth-order valence-electron chi connectivity index (χ4n) is 1.19. The summed E-state index contributed by atoms with van der Waals surface area (Å²) >= 11 is 5.53. The first-order valence-electron chi connectivity index (χ1n) is 3.87. The molecule has 0 saturated heterocycles. The molecule has 0 aromatic carbocycles. The van der Waals surface area contributed by atoms with Gasteiger partial charge >= 0.3 is 0 Å². The third-order valence-corrected chi connectivity index (χ3v) is 2.36. The highest BCUT2D eigenvalue weighted by Gasteiger charge is 2.16. The molecule has 0 fully saturated rings. The molecule has 0 aliphatic heterocycles. The van der Waals surface area contributed by atoms with Gasteiger partial charge in [-0.2, -0.15) is 0 Å². The van der Waals surface area contributed by atoms with E-state index in [1.54, 1.807) is 13.8 Å². The smallest absolute Gasteiger partial charge is 0.261 e. The molecule has 1 aromatic heterocycles. The van der Waals surface area contributed by atoms with Crippen molar-refractivity contribution in [2.45, 2.75) is 26.2 Å². The standard InChI is InChI=1S/C9H10ClF2N/c1-5-6(2)13-4-7(3-10)8(5)9(11)12/h4,9H,3H2,1-2H3. The van der Waals surface area contributed by atoms with E-state index in [1.165, 1.54) is 6.20 Å². The quantitative estimate of drug-likeness (QED) is 0.675. The van der Waals surface area contributed by atoms with Gasteiger partial charge in [-0.1, -0.05) is 0 Å². The molecule has 0 aliphatic carbocycles. The van der Waals surface area contributed by atoms with Gasteiger partial charge in [0.1, 0.15) is 0 Å². The maximum absolute atomic E-state index is 12.6. The third kappa shape index (κ3) is 1.97. The average molecular weight is 206 g/mol. The number of hydrogen-bond donors (Lipinski definition) is 0. The second kappa shape index (κ2) is 4.01. The third-order valence-electron chi connectivity index (χ3n) is 2.07. The highest BCUT2D eigenvalue weighted by molar-refractivity contribution is 6.17. The molecular weight excluding hydrogens is 196 g/mol. The van der Waals surface area contributed by atoms with Crippen molar-refractivity contribution in [1.29, 1.82) is 0 Å². The molecule has 0 atom stereocenters. The zero-order chi connectivity index (χ0) is 10.0. The van der Waals surface area contributed by atoms with Gasteiger partial charge in [0.05, 0.1) is 0 Å². The Hall–Kier alpha value is -0.700. The first-order valence-corrected chi connectivity index (χ1v) is 4.40. The maximum Gasteiger partial charge on any atom is 0.264 e. The molecule has 1 rings (SSSR count). The summed E-state index contributed by atoms with van der Waals surface area (Å²) < 4.78 is 25.1. The molecule has 0 N–H and O–H groups in total. The molecule has 0 amide bonds. The first kappa shape index (κ1) is 10.4. The van der Waals surface area contributed by atoms with Crippen LogP contribution in [0.5, 0.6) is 0 Å². The summed E-state index contributed by atoms with van der Waals surface area (Å²) in [7, 11) is 0. The largest absolute Gasteiger partial charge is 0.264 e. The molecule has 0 saturated carbocycles. The minimum absolute atomic E-state index is 0.0301. The van der Waals surface area contributed by atoms with Crippen LogP contribution in [0, 0.1) is 13.8 Å². The first-order chi connectivity index (χ1) is 6.07. The fraction of sp³-hybridized carbons (Fsp3) is 0.444. The Bertz CT molecular complexity index is 313. The number of aromatic nitrogens is 1. The lowest BCUT2D eigenvalue weighted by Gasteiger charge is -2.10. The summed E-state index contributed by atoms with van der Waals surface area (Å²) in [5.74, 6) is 0.0772. The molecule has 1 aromatic rings. The lowest BCUT2D eigenvalue weighted by molar-refractivity contribution is 0.149. The predicted octanol–water partition coefficient (Wildman–Crippen LogP) is 3.37. The summed E-state index contributed by atoms with van der Waals surface area (Å²) in [6.07, 6.45) is -1.06. The second-order valence-electron chi connectivity index (χ2n) is 2.84. The van der Waals surface area contributed by atoms with Crippen molar-refractivity contribution in [3.8, 4) is 0 Å². The van der Waals surface area contributed by atoms with E-state index in [0.29, 0.717) is 16.8 Å². The molecule has 0 bridgehead atoms. The van der Waals surface area contributed by atoms with Crippen LogP contribution in [0.25, 0.3) is 0 Å². The van der Waals surface area contributed by atoms with Crippen LogP contribution in [-0.2, 0) is 5.88 Å². The van der Waals surface area contributed by atoms with E-state index < -0.39 is 6.43 Å². The van der Waals surface area contributed by atoms with Crippen LogP contribution in [-0.4, -0.2) is 4.98 Å². The molecule has 0 radical (unpaired) electrons. The molecule has 13 heavy (non-hydrogen) atoms. The van der Waals surface area contributed by atoms with E-state index in [1.807, 2.05) is 0 Å². The molecule has 0 unspecified atom stereocenters. The van der Waals surface area contributed by atoms with Gasteiger partial charge in [-0.05, 0) is 25.0 Å². The van der Waals surface area contributed by atoms with Gasteiger partial charge in [0.15, 0.2) is 0 Å². The van der Waals surface area contributed by atoms with Crippen molar-refractivity contribution in [1.82, 2.24) is 4.98 Å². The normalized spacial score (nSPS) is 10.9. The van der Waals surface area contributed by atoms with Gasteiger partial charge < -0.3 is 0 Å². The maximum atomic E-state index is 12.6. The number of nitrogens with zero attached hydrogens (tertiary/aromatic N) is 1. The van der Waals surface area contributed by atoms with Crippen LogP contribution < -0.4 is 0 Å². The zero-order valence-electron chi connectivity index (χ0n) is 7.44. The summed E-state index contributed by atoms with van der Waals surface area (Å²) in [6.45, 7) is 3.35. The van der Waals surface area contributed by atoms with Gasteiger partial charge in [0, 0.05) is 23.3 Å². The predicted molar refractivity (Wildman–Crippen MR) is 48.2 cm³/mol. The van der Waals surface area contributed by atoms with Crippen LogP contribution in [0.3, 0.4) is 0 Å². The molecule has 1 nitrogen and oxygen atoms in total. The van der Waals surface area contributed by atoms with Crippen LogP contribution in [0.4, 0.5) is 8.78 Å². The van der Waals surface area contributed by atoms with Crippen molar-refractivity contribution in [2.24, 2.45) is 0 Å². The minimum Gasteiger partial charge on any atom is -0.261 e. The van der Waals surface area contributed by atoms with Crippen molar-refractivity contribution < 1.29 is 8.78 Å². The summed E-state index contributed by atoms with van der Waals surface area (Å²) in [4.78, 5) is 3.97. The van der Waals surface area contributed by atoms with E-state index in [2.05, 4.69) is 4.98 Å². The van der Waals surface area contributed by atoms with Crippen molar-refractivity contribution in [3.63, 3.8) is 0 Å². The monoisotopic (exact) mass is 205 g/mol. The van der Waals surface area contributed by atoms with Crippen molar-refractivity contribution >= 4 is 11.6 Å². The fourth-order valence-corrected chi connectivity index (χ4v) is 1.40. The van der Waals surface area contributed by atoms with E-state index in [-0.39, 0.29) is 11.4 Å². The van der Waals surface area contributed by atoms with Crippen LogP contribution in [0.15, 0.2) is 6.20 Å². The molecule has 0 spiro atoms. The Kier molecular flexibility index (Phi) is 3.20. The summed E-state index contributed by atoms with van der Waals surface area (Å²) in [5.41, 5.74) is 1.61. The van der Waals surface area contributed by atoms with Crippen LogP contribution >= 0.6 is 11.6 Å². The van der Waals surface area contributed by atoms with Crippen molar-refractivity contribution in [2.75, 3.05) is 0 Å². The number of pyridine rings is 1. The molecule has 4 heteroatoms. The van der Waals surface area contributed by atoms with E-state index in [0.717, 1.165) is 0 Å². The lowest BCUT2D eigenvalue weighted by Crippen LogP contribution is -2.00. The number of hydrogen-bond acceptors (Lipinski definition) is 1. The van der Waals surface area contributed by atoms with Gasteiger partial charge in [0.25, 0.3) is 6.43 Å². The highest BCUT2D eigenvalue weighted by Crippen LogP contribution is 2.28.